The van der Waals surface area contributed by atoms with Crippen LogP contribution in [0.4, 0.5) is 5.69 Å². The number of aryl methyl sites for hydroxylation is 1. The SMILES string of the molecule is COc1ccccc1-c1nc(CC(=O)Nc2ccc(OC(C)C)cc2)c(C)o1. The van der Waals surface area contributed by atoms with E-state index in [2.05, 4.69) is 10.3 Å². The Balaban J connectivity index is 1.68. The van der Waals surface area contributed by atoms with Crippen molar-refractivity contribution in [1.29, 1.82) is 0 Å². The van der Waals surface area contributed by atoms with Crippen LogP contribution in [0.2, 0.25) is 0 Å². The van der Waals surface area contributed by atoms with E-state index >= 15 is 0 Å². The maximum atomic E-state index is 12.4. The summed E-state index contributed by atoms with van der Waals surface area (Å²) in [6.45, 7) is 5.73. The van der Waals surface area contributed by atoms with Gasteiger partial charge >= 0.3 is 0 Å². The molecule has 3 rings (SSSR count). The first-order valence-corrected chi connectivity index (χ1v) is 9.12. The predicted octanol–water partition coefficient (Wildman–Crippen LogP) is 4.63. The molecule has 6 nitrogen and oxygen atoms in total. The van der Waals surface area contributed by atoms with Crippen LogP contribution in [-0.2, 0) is 11.2 Å². The molecule has 0 saturated heterocycles. The van der Waals surface area contributed by atoms with Crippen molar-refractivity contribution >= 4 is 11.6 Å². The van der Waals surface area contributed by atoms with Crippen LogP contribution in [0.5, 0.6) is 11.5 Å². The molecule has 0 saturated carbocycles. The van der Waals surface area contributed by atoms with Crippen LogP contribution >= 0.6 is 0 Å². The second-order valence-corrected chi connectivity index (χ2v) is 6.64. The molecule has 28 heavy (non-hydrogen) atoms. The normalized spacial score (nSPS) is 10.8. The van der Waals surface area contributed by atoms with Gasteiger partial charge in [-0.25, -0.2) is 4.98 Å². The highest BCUT2D eigenvalue weighted by Gasteiger charge is 2.17. The molecule has 6 heteroatoms. The molecule has 3 aromatic rings. The quantitative estimate of drug-likeness (QED) is 0.647. The maximum absolute atomic E-state index is 12.4. The van der Waals surface area contributed by atoms with Gasteiger partial charge in [0.15, 0.2) is 0 Å². The zero-order valence-electron chi connectivity index (χ0n) is 16.5. The summed E-state index contributed by atoms with van der Waals surface area (Å²) < 4.78 is 16.7. The van der Waals surface area contributed by atoms with Crippen LogP contribution in [0.3, 0.4) is 0 Å². The van der Waals surface area contributed by atoms with Gasteiger partial charge in [-0.05, 0) is 57.2 Å². The van der Waals surface area contributed by atoms with E-state index in [4.69, 9.17) is 13.9 Å². The van der Waals surface area contributed by atoms with Gasteiger partial charge in [-0.15, -0.1) is 0 Å². The summed E-state index contributed by atoms with van der Waals surface area (Å²) in [5.74, 6) is 2.32. The average Bonchev–Trinajstić information content (AvgIpc) is 3.03. The van der Waals surface area contributed by atoms with Gasteiger partial charge in [0, 0.05) is 5.69 Å². The summed E-state index contributed by atoms with van der Waals surface area (Å²) in [4.78, 5) is 16.9. The number of ether oxygens (including phenoxy) is 2. The van der Waals surface area contributed by atoms with Gasteiger partial charge in [0.25, 0.3) is 0 Å². The molecule has 0 aliphatic carbocycles. The summed E-state index contributed by atoms with van der Waals surface area (Å²) >= 11 is 0. The molecule has 1 heterocycles. The van der Waals surface area contributed by atoms with E-state index in [0.717, 1.165) is 11.3 Å². The van der Waals surface area contributed by atoms with Gasteiger partial charge in [-0.1, -0.05) is 12.1 Å². The van der Waals surface area contributed by atoms with Crippen LogP contribution in [-0.4, -0.2) is 24.1 Å². The molecular weight excluding hydrogens is 356 g/mol. The number of methoxy groups -OCH3 is 1. The van der Waals surface area contributed by atoms with Crippen molar-refractivity contribution < 1.29 is 18.7 Å². The fourth-order valence-electron chi connectivity index (χ4n) is 2.77. The summed E-state index contributed by atoms with van der Waals surface area (Å²) in [5.41, 5.74) is 2.05. The minimum absolute atomic E-state index is 0.105. The van der Waals surface area contributed by atoms with E-state index in [9.17, 15) is 4.79 Å². The number of carbonyl (C=O) groups is 1. The van der Waals surface area contributed by atoms with Gasteiger partial charge in [-0.3, -0.25) is 4.79 Å². The fourth-order valence-corrected chi connectivity index (χ4v) is 2.77. The Morgan fingerprint density at radius 3 is 2.54 bits per heavy atom. The highest BCUT2D eigenvalue weighted by atomic mass is 16.5. The Hall–Kier alpha value is -3.28. The third-order valence-electron chi connectivity index (χ3n) is 4.07. The van der Waals surface area contributed by atoms with Gasteiger partial charge in [0.2, 0.25) is 11.8 Å². The first kappa shape index (κ1) is 19.5. The van der Waals surface area contributed by atoms with Crippen LogP contribution in [0.15, 0.2) is 52.9 Å². The van der Waals surface area contributed by atoms with Crippen LogP contribution in [0.25, 0.3) is 11.5 Å². The second kappa shape index (κ2) is 8.61. The van der Waals surface area contributed by atoms with E-state index in [1.807, 2.05) is 62.4 Å². The van der Waals surface area contributed by atoms with Crippen LogP contribution < -0.4 is 14.8 Å². The maximum Gasteiger partial charge on any atom is 0.230 e. The van der Waals surface area contributed by atoms with Crippen molar-refractivity contribution in [3.63, 3.8) is 0 Å². The molecule has 0 spiro atoms. The van der Waals surface area contributed by atoms with E-state index < -0.39 is 0 Å². The first-order chi connectivity index (χ1) is 13.5. The largest absolute Gasteiger partial charge is 0.496 e. The number of hydrogen-bond acceptors (Lipinski definition) is 5. The molecule has 1 aromatic heterocycles. The Morgan fingerprint density at radius 1 is 1.14 bits per heavy atom. The van der Waals surface area contributed by atoms with Gasteiger partial charge in [0.1, 0.15) is 17.3 Å². The predicted molar refractivity (Wildman–Crippen MR) is 108 cm³/mol. The number of nitrogens with one attached hydrogen (secondary N) is 1. The van der Waals surface area contributed by atoms with Crippen molar-refractivity contribution in [2.75, 3.05) is 12.4 Å². The first-order valence-electron chi connectivity index (χ1n) is 9.12. The zero-order chi connectivity index (χ0) is 20.1. The van der Waals surface area contributed by atoms with Crippen LogP contribution in [0, 0.1) is 6.92 Å². The number of oxazole rings is 1. The number of benzene rings is 2. The topological polar surface area (TPSA) is 73.6 Å². The third kappa shape index (κ3) is 4.71. The second-order valence-electron chi connectivity index (χ2n) is 6.64. The number of amides is 1. The lowest BCUT2D eigenvalue weighted by Gasteiger charge is -2.10. The molecule has 0 atom stereocenters. The molecule has 0 unspecified atom stereocenters. The standard InChI is InChI=1S/C22H24N2O4/c1-14(2)27-17-11-9-16(10-12-17)23-21(25)13-19-15(3)28-22(24-19)18-7-5-6-8-20(18)26-4/h5-12,14H,13H2,1-4H3,(H,23,25). The third-order valence-corrected chi connectivity index (χ3v) is 4.07. The minimum atomic E-state index is -0.166. The lowest BCUT2D eigenvalue weighted by atomic mass is 10.2. The summed E-state index contributed by atoms with van der Waals surface area (Å²) in [6.07, 6.45) is 0.224. The summed E-state index contributed by atoms with van der Waals surface area (Å²) in [5, 5.41) is 2.87. The van der Waals surface area contributed by atoms with Crippen molar-refractivity contribution in [2.45, 2.75) is 33.3 Å². The fraction of sp³-hybridized carbons (Fsp3) is 0.273. The van der Waals surface area contributed by atoms with Crippen molar-refractivity contribution in [3.8, 4) is 23.0 Å². The molecule has 0 aliphatic heterocycles. The zero-order valence-corrected chi connectivity index (χ0v) is 16.5. The van der Waals surface area contributed by atoms with E-state index in [1.165, 1.54) is 0 Å². The smallest absolute Gasteiger partial charge is 0.230 e. The van der Waals surface area contributed by atoms with Crippen molar-refractivity contribution in [1.82, 2.24) is 4.98 Å². The Bertz CT molecular complexity index is 945. The monoisotopic (exact) mass is 380 g/mol. The van der Waals surface area contributed by atoms with Crippen LogP contribution in [0.1, 0.15) is 25.3 Å². The number of nitrogens with zero attached hydrogens (tertiary/aromatic N) is 1. The van der Waals surface area contributed by atoms with E-state index in [0.29, 0.717) is 28.8 Å². The van der Waals surface area contributed by atoms with E-state index in [1.54, 1.807) is 14.0 Å². The molecule has 0 aliphatic rings. The number of para-hydroxylation sites is 1. The number of anilines is 1. The van der Waals surface area contributed by atoms with Crippen molar-refractivity contribution in [3.05, 3.63) is 60.0 Å². The summed E-state index contributed by atoms with van der Waals surface area (Å²) in [7, 11) is 1.60. The molecule has 1 N–H and O–H groups in total. The Kier molecular flexibility index (Phi) is 5.99. The highest BCUT2D eigenvalue weighted by molar-refractivity contribution is 5.92. The van der Waals surface area contributed by atoms with Crippen molar-refractivity contribution in [2.24, 2.45) is 0 Å². The van der Waals surface area contributed by atoms with Gasteiger partial charge < -0.3 is 19.2 Å². The number of aromatic nitrogens is 1. The van der Waals surface area contributed by atoms with Gasteiger partial charge in [-0.2, -0.15) is 0 Å². The molecular formula is C22H24N2O4. The minimum Gasteiger partial charge on any atom is -0.496 e. The number of rotatable bonds is 7. The Morgan fingerprint density at radius 2 is 1.86 bits per heavy atom. The molecule has 0 radical (unpaired) electrons. The lowest BCUT2D eigenvalue weighted by Crippen LogP contribution is -2.15. The highest BCUT2D eigenvalue weighted by Crippen LogP contribution is 2.30. The number of hydrogen-bond donors (Lipinski definition) is 1. The molecule has 0 bridgehead atoms. The van der Waals surface area contributed by atoms with Gasteiger partial charge in [0.05, 0.1) is 30.9 Å². The summed E-state index contributed by atoms with van der Waals surface area (Å²) in [6, 6.07) is 14.8. The Labute approximate surface area is 164 Å². The average molecular weight is 380 g/mol. The molecule has 0 fully saturated rings. The number of carbonyl (C=O) groups excluding carboxylic acids is 1. The molecule has 146 valence electrons. The lowest BCUT2D eigenvalue weighted by molar-refractivity contribution is -0.115. The molecule has 1 amide bonds. The molecule has 2 aromatic carbocycles. The van der Waals surface area contributed by atoms with E-state index in [-0.39, 0.29) is 18.4 Å².